The van der Waals surface area contributed by atoms with Gasteiger partial charge in [-0.15, -0.1) is 0 Å². The molecule has 1 saturated heterocycles. The fraction of sp³-hybridized carbons (Fsp3) is 0.579. The molecular formula is C19H28N2O4. The summed E-state index contributed by atoms with van der Waals surface area (Å²) in [6.07, 6.45) is 4.43. The van der Waals surface area contributed by atoms with E-state index in [4.69, 9.17) is 9.47 Å². The molecule has 0 atom stereocenters. The molecule has 6 nitrogen and oxygen atoms in total. The number of hydrogen-bond acceptors (Lipinski definition) is 4. The fourth-order valence-electron chi connectivity index (χ4n) is 3.06. The van der Waals surface area contributed by atoms with Gasteiger partial charge < -0.3 is 19.3 Å². The zero-order valence-electron chi connectivity index (χ0n) is 15.4. The molecular weight excluding hydrogens is 320 g/mol. The van der Waals surface area contributed by atoms with Gasteiger partial charge >= 0.3 is 0 Å². The van der Waals surface area contributed by atoms with E-state index in [9.17, 15) is 9.59 Å². The summed E-state index contributed by atoms with van der Waals surface area (Å²) >= 11 is 0. The molecule has 0 radical (unpaired) electrons. The van der Waals surface area contributed by atoms with Gasteiger partial charge in [-0.25, -0.2) is 0 Å². The molecule has 2 rings (SSSR count). The number of carbonyl (C=O) groups excluding carboxylic acids is 2. The molecule has 0 spiro atoms. The van der Waals surface area contributed by atoms with Crippen LogP contribution in [0.3, 0.4) is 0 Å². The molecule has 0 saturated carbocycles. The van der Waals surface area contributed by atoms with Crippen LogP contribution in [-0.4, -0.2) is 55.5 Å². The summed E-state index contributed by atoms with van der Waals surface area (Å²) in [5.74, 6) is 1.17. The minimum absolute atomic E-state index is 0.0255. The van der Waals surface area contributed by atoms with Crippen molar-refractivity contribution in [2.75, 3.05) is 33.9 Å². The monoisotopic (exact) mass is 348 g/mol. The Morgan fingerprint density at radius 1 is 1.04 bits per heavy atom. The quantitative estimate of drug-likeness (QED) is 0.792. The van der Waals surface area contributed by atoms with E-state index in [2.05, 4.69) is 0 Å². The summed E-state index contributed by atoms with van der Waals surface area (Å²) in [6, 6.07) is 5.53. The molecule has 1 aromatic carbocycles. The Kier molecular flexibility index (Phi) is 7.10. The van der Waals surface area contributed by atoms with Crippen molar-refractivity contribution >= 4 is 11.8 Å². The van der Waals surface area contributed by atoms with Crippen LogP contribution in [0.15, 0.2) is 18.2 Å². The highest BCUT2D eigenvalue weighted by Gasteiger charge is 2.20. The van der Waals surface area contributed by atoms with Gasteiger partial charge in [0.05, 0.1) is 14.2 Å². The zero-order chi connectivity index (χ0) is 18.2. The first kappa shape index (κ1) is 19.1. The Labute approximate surface area is 149 Å². The number of rotatable bonds is 6. The van der Waals surface area contributed by atoms with Gasteiger partial charge in [0.25, 0.3) is 0 Å². The lowest BCUT2D eigenvalue weighted by atomic mass is 10.2. The molecule has 1 aliphatic rings. The summed E-state index contributed by atoms with van der Waals surface area (Å²) < 4.78 is 10.5. The standard InChI is InChI=1S/C19H28N2O4/c1-15(22)21(14-19(23)20-10-6-4-5-7-11-20)13-16-8-9-17(24-2)18(12-16)25-3/h8-9,12H,4-7,10-11,13-14H2,1-3H3. The van der Waals surface area contributed by atoms with E-state index in [0.29, 0.717) is 18.0 Å². The van der Waals surface area contributed by atoms with Crippen LogP contribution in [0.1, 0.15) is 38.2 Å². The summed E-state index contributed by atoms with van der Waals surface area (Å²) in [5.41, 5.74) is 0.900. The maximum Gasteiger partial charge on any atom is 0.242 e. The third-order valence-electron chi connectivity index (χ3n) is 4.55. The third-order valence-corrected chi connectivity index (χ3v) is 4.55. The van der Waals surface area contributed by atoms with E-state index in [0.717, 1.165) is 31.5 Å². The second-order valence-electron chi connectivity index (χ2n) is 6.36. The van der Waals surface area contributed by atoms with Crippen molar-refractivity contribution in [3.8, 4) is 11.5 Å². The molecule has 1 fully saturated rings. The molecule has 2 amide bonds. The molecule has 25 heavy (non-hydrogen) atoms. The fourth-order valence-corrected chi connectivity index (χ4v) is 3.06. The topological polar surface area (TPSA) is 59.1 Å². The highest BCUT2D eigenvalue weighted by Crippen LogP contribution is 2.28. The van der Waals surface area contributed by atoms with Crippen molar-refractivity contribution in [2.45, 2.75) is 39.2 Å². The van der Waals surface area contributed by atoms with E-state index < -0.39 is 0 Å². The minimum Gasteiger partial charge on any atom is -0.493 e. The Balaban J connectivity index is 2.05. The van der Waals surface area contributed by atoms with Crippen LogP contribution < -0.4 is 9.47 Å². The first-order valence-electron chi connectivity index (χ1n) is 8.79. The average Bonchev–Trinajstić information content (AvgIpc) is 2.90. The van der Waals surface area contributed by atoms with Gasteiger partial charge in [0.2, 0.25) is 11.8 Å². The lowest BCUT2D eigenvalue weighted by Gasteiger charge is -2.26. The van der Waals surface area contributed by atoms with Crippen LogP contribution in [0.5, 0.6) is 11.5 Å². The molecule has 1 aliphatic heterocycles. The van der Waals surface area contributed by atoms with Crippen molar-refractivity contribution < 1.29 is 19.1 Å². The van der Waals surface area contributed by atoms with Crippen LogP contribution in [0.4, 0.5) is 0 Å². The van der Waals surface area contributed by atoms with E-state index in [-0.39, 0.29) is 18.4 Å². The number of hydrogen-bond donors (Lipinski definition) is 0. The number of benzene rings is 1. The molecule has 1 heterocycles. The first-order chi connectivity index (χ1) is 12.0. The van der Waals surface area contributed by atoms with E-state index in [1.165, 1.54) is 19.8 Å². The molecule has 0 aromatic heterocycles. The second kappa shape index (κ2) is 9.30. The predicted octanol–water partition coefficient (Wildman–Crippen LogP) is 2.45. The molecule has 138 valence electrons. The van der Waals surface area contributed by atoms with E-state index in [1.54, 1.807) is 19.1 Å². The average molecular weight is 348 g/mol. The maximum atomic E-state index is 12.6. The molecule has 1 aromatic rings. The molecule has 6 heteroatoms. The first-order valence-corrected chi connectivity index (χ1v) is 8.79. The Morgan fingerprint density at radius 3 is 2.24 bits per heavy atom. The van der Waals surface area contributed by atoms with Gasteiger partial charge in [0, 0.05) is 26.6 Å². The van der Waals surface area contributed by atoms with Gasteiger partial charge in [-0.3, -0.25) is 9.59 Å². The van der Waals surface area contributed by atoms with Crippen LogP contribution >= 0.6 is 0 Å². The van der Waals surface area contributed by atoms with Gasteiger partial charge in [0.15, 0.2) is 11.5 Å². The molecule has 0 N–H and O–H groups in total. The number of likely N-dealkylation sites (tertiary alicyclic amines) is 1. The number of ether oxygens (including phenoxy) is 2. The Morgan fingerprint density at radius 2 is 1.68 bits per heavy atom. The summed E-state index contributed by atoms with van der Waals surface area (Å²) in [4.78, 5) is 28.0. The van der Waals surface area contributed by atoms with Crippen molar-refractivity contribution in [1.82, 2.24) is 9.80 Å². The van der Waals surface area contributed by atoms with Crippen LogP contribution in [0.25, 0.3) is 0 Å². The zero-order valence-corrected chi connectivity index (χ0v) is 15.4. The third kappa shape index (κ3) is 5.37. The molecule has 0 bridgehead atoms. The normalized spacial score (nSPS) is 14.6. The predicted molar refractivity (Wildman–Crippen MR) is 95.7 cm³/mol. The smallest absolute Gasteiger partial charge is 0.242 e. The number of amides is 2. The van der Waals surface area contributed by atoms with Gasteiger partial charge in [-0.05, 0) is 30.5 Å². The molecule has 0 aliphatic carbocycles. The van der Waals surface area contributed by atoms with Crippen LogP contribution in [0, 0.1) is 0 Å². The highest BCUT2D eigenvalue weighted by molar-refractivity contribution is 5.83. The maximum absolute atomic E-state index is 12.6. The summed E-state index contributed by atoms with van der Waals surface area (Å²) in [7, 11) is 3.16. The second-order valence-corrected chi connectivity index (χ2v) is 6.36. The van der Waals surface area contributed by atoms with Crippen molar-refractivity contribution in [2.24, 2.45) is 0 Å². The van der Waals surface area contributed by atoms with Gasteiger partial charge in [-0.2, -0.15) is 0 Å². The lowest BCUT2D eigenvalue weighted by Crippen LogP contribution is -2.42. The SMILES string of the molecule is COc1ccc(CN(CC(=O)N2CCCCCC2)C(C)=O)cc1OC. The minimum atomic E-state index is -0.113. The van der Waals surface area contributed by atoms with Crippen LogP contribution in [0.2, 0.25) is 0 Å². The largest absolute Gasteiger partial charge is 0.493 e. The summed E-state index contributed by atoms with van der Waals surface area (Å²) in [5, 5.41) is 0. The van der Waals surface area contributed by atoms with Gasteiger partial charge in [0.1, 0.15) is 6.54 Å². The van der Waals surface area contributed by atoms with Crippen molar-refractivity contribution in [3.63, 3.8) is 0 Å². The summed E-state index contributed by atoms with van der Waals surface area (Å²) in [6.45, 7) is 3.57. The Hall–Kier alpha value is -2.24. The van der Waals surface area contributed by atoms with Gasteiger partial charge in [-0.1, -0.05) is 18.9 Å². The van der Waals surface area contributed by atoms with E-state index in [1.807, 2.05) is 23.1 Å². The lowest BCUT2D eigenvalue weighted by molar-refractivity contribution is -0.139. The molecule has 0 unspecified atom stereocenters. The van der Waals surface area contributed by atoms with Crippen molar-refractivity contribution in [1.29, 1.82) is 0 Å². The van der Waals surface area contributed by atoms with Crippen molar-refractivity contribution in [3.05, 3.63) is 23.8 Å². The van der Waals surface area contributed by atoms with E-state index >= 15 is 0 Å². The number of nitrogens with zero attached hydrogens (tertiary/aromatic N) is 2. The van der Waals surface area contributed by atoms with Crippen LogP contribution in [-0.2, 0) is 16.1 Å². The Bertz CT molecular complexity index is 595. The highest BCUT2D eigenvalue weighted by atomic mass is 16.5. The number of carbonyl (C=O) groups is 2. The number of methoxy groups -OCH3 is 2.